The molecule has 0 fully saturated rings. The lowest BCUT2D eigenvalue weighted by atomic mass is 9.68. The van der Waals surface area contributed by atoms with Gasteiger partial charge in [-0.05, 0) is 122 Å². The second-order valence-corrected chi connectivity index (χ2v) is 17.0. The SMILES string of the molecule is C1=Cc2c(sc3ccc(-c4ccc(N(c5ccc(C6(c7ccccc7)c7ccccc7-c7ccccc76)cc5)c5cc6ccccc6c6ccccc56)cc4)cc23)CC1. The van der Waals surface area contributed by atoms with E-state index in [2.05, 4.69) is 217 Å². The van der Waals surface area contributed by atoms with Crippen LogP contribution in [0.15, 0.2) is 206 Å². The summed E-state index contributed by atoms with van der Waals surface area (Å²) in [7, 11) is 0. The summed E-state index contributed by atoms with van der Waals surface area (Å²) in [6, 6.07) is 74.6. The summed E-state index contributed by atoms with van der Waals surface area (Å²) in [6.07, 6.45) is 6.92. The highest BCUT2D eigenvalue weighted by Crippen LogP contribution is 2.56. The Kier molecular flexibility index (Phi) is 7.83. The Balaban J connectivity index is 1.04. The summed E-state index contributed by atoms with van der Waals surface area (Å²) in [5.41, 5.74) is 14.6. The maximum absolute atomic E-state index is 2.46. The van der Waals surface area contributed by atoms with Crippen LogP contribution in [-0.2, 0) is 11.8 Å². The van der Waals surface area contributed by atoms with Gasteiger partial charge in [0.25, 0.3) is 0 Å². The van der Waals surface area contributed by atoms with Gasteiger partial charge in [-0.1, -0.05) is 170 Å². The summed E-state index contributed by atoms with van der Waals surface area (Å²) < 4.78 is 1.37. The molecule has 278 valence electrons. The summed E-state index contributed by atoms with van der Waals surface area (Å²) in [5, 5.41) is 6.33. The molecule has 0 amide bonds. The topological polar surface area (TPSA) is 3.24 Å². The summed E-state index contributed by atoms with van der Waals surface area (Å²) in [5.74, 6) is 0. The molecule has 0 N–H and O–H groups in total. The fourth-order valence-electron chi connectivity index (χ4n) is 10.2. The highest BCUT2D eigenvalue weighted by atomic mass is 32.1. The molecular weight excluding hydrogens is 731 g/mol. The molecule has 0 spiro atoms. The molecule has 59 heavy (non-hydrogen) atoms. The Bertz CT molecular complexity index is 3220. The minimum atomic E-state index is -0.451. The molecule has 1 heterocycles. The van der Waals surface area contributed by atoms with Gasteiger partial charge in [-0.15, -0.1) is 11.3 Å². The van der Waals surface area contributed by atoms with E-state index in [1.54, 1.807) is 0 Å². The number of fused-ring (bicyclic) bond motifs is 9. The van der Waals surface area contributed by atoms with E-state index in [0.29, 0.717) is 0 Å². The van der Waals surface area contributed by atoms with Crippen molar-refractivity contribution in [2.75, 3.05) is 4.90 Å². The van der Waals surface area contributed by atoms with Crippen molar-refractivity contribution >= 4 is 66.1 Å². The standard InChI is InChI=1S/C57H39NS/c1-2-15-41(16-3-1)57(52-23-11-8-19-47(52)48-20-9-12-24-53(48)57)42-29-33-44(34-30-42)58(54-37-40-14-4-5-17-45(40)46-18-6-7-21-49(46)54)43-31-26-38(27-32-43)39-28-35-56-51(36-39)50-22-10-13-25-55(50)59-56/h1-12,14-24,26-37H,13,25H2. The molecule has 2 heteroatoms. The van der Waals surface area contributed by atoms with Gasteiger partial charge in [0.15, 0.2) is 0 Å². The molecule has 0 radical (unpaired) electrons. The Morgan fingerprint density at radius 1 is 0.458 bits per heavy atom. The van der Waals surface area contributed by atoms with Gasteiger partial charge in [-0.25, -0.2) is 0 Å². The highest BCUT2D eigenvalue weighted by Gasteiger charge is 2.45. The molecule has 10 aromatic rings. The first-order valence-corrected chi connectivity index (χ1v) is 21.5. The molecule has 2 aliphatic rings. The van der Waals surface area contributed by atoms with Gasteiger partial charge in [0, 0.05) is 31.7 Å². The van der Waals surface area contributed by atoms with Crippen molar-refractivity contribution in [1.29, 1.82) is 0 Å². The van der Waals surface area contributed by atoms with Gasteiger partial charge < -0.3 is 4.90 Å². The predicted octanol–water partition coefficient (Wildman–Crippen LogP) is 15.7. The van der Waals surface area contributed by atoms with Crippen molar-refractivity contribution in [2.24, 2.45) is 0 Å². The Morgan fingerprint density at radius 2 is 1.05 bits per heavy atom. The fourth-order valence-corrected chi connectivity index (χ4v) is 11.3. The third-order valence-corrected chi connectivity index (χ3v) is 14.0. The van der Waals surface area contributed by atoms with Crippen LogP contribution in [0.4, 0.5) is 17.1 Å². The minimum Gasteiger partial charge on any atom is -0.310 e. The average molecular weight is 770 g/mol. The summed E-state index contributed by atoms with van der Waals surface area (Å²) in [4.78, 5) is 3.97. The molecule has 0 unspecified atom stereocenters. The van der Waals surface area contributed by atoms with Crippen LogP contribution < -0.4 is 4.90 Å². The van der Waals surface area contributed by atoms with Crippen molar-refractivity contribution < 1.29 is 0 Å². The first kappa shape index (κ1) is 34.1. The monoisotopic (exact) mass is 769 g/mol. The lowest BCUT2D eigenvalue weighted by Gasteiger charge is -2.34. The van der Waals surface area contributed by atoms with Gasteiger partial charge >= 0.3 is 0 Å². The highest BCUT2D eigenvalue weighted by molar-refractivity contribution is 7.19. The van der Waals surface area contributed by atoms with Gasteiger partial charge in [-0.2, -0.15) is 0 Å². The summed E-state index contributed by atoms with van der Waals surface area (Å²) >= 11 is 1.95. The number of thiophene rings is 1. The molecular formula is C57H39NS. The van der Waals surface area contributed by atoms with E-state index in [4.69, 9.17) is 0 Å². The van der Waals surface area contributed by atoms with Crippen molar-refractivity contribution in [3.8, 4) is 22.3 Å². The number of benzene rings is 9. The first-order valence-electron chi connectivity index (χ1n) is 20.6. The fraction of sp³-hybridized carbons (Fsp3) is 0.0526. The van der Waals surface area contributed by atoms with Gasteiger partial charge in [0.1, 0.15) is 0 Å². The van der Waals surface area contributed by atoms with Crippen LogP contribution in [0.1, 0.15) is 39.1 Å². The minimum absolute atomic E-state index is 0.451. The van der Waals surface area contributed by atoms with E-state index in [9.17, 15) is 0 Å². The van der Waals surface area contributed by atoms with E-state index >= 15 is 0 Å². The van der Waals surface area contributed by atoms with Gasteiger partial charge in [-0.3, -0.25) is 0 Å². The number of aryl methyl sites for hydroxylation is 1. The molecule has 0 saturated carbocycles. The number of hydrogen-bond donors (Lipinski definition) is 0. The number of allylic oxidation sites excluding steroid dienone is 1. The molecule has 0 saturated heterocycles. The quantitative estimate of drug-likeness (QED) is 0.152. The van der Waals surface area contributed by atoms with Crippen LogP contribution >= 0.6 is 11.3 Å². The zero-order valence-corrected chi connectivity index (χ0v) is 33.3. The second-order valence-electron chi connectivity index (χ2n) is 15.9. The zero-order valence-electron chi connectivity index (χ0n) is 32.5. The van der Waals surface area contributed by atoms with E-state index in [0.717, 1.165) is 29.9 Å². The lowest BCUT2D eigenvalue weighted by molar-refractivity contribution is 0.768. The molecule has 2 aliphatic carbocycles. The zero-order chi connectivity index (χ0) is 38.9. The second kappa shape index (κ2) is 13.6. The largest absolute Gasteiger partial charge is 0.310 e. The van der Waals surface area contributed by atoms with Crippen LogP contribution in [0.25, 0.3) is 60.0 Å². The van der Waals surface area contributed by atoms with Crippen LogP contribution in [0, 0.1) is 0 Å². The summed E-state index contributed by atoms with van der Waals surface area (Å²) in [6.45, 7) is 0. The van der Waals surface area contributed by atoms with Crippen molar-refractivity contribution in [2.45, 2.75) is 18.3 Å². The number of anilines is 3. The van der Waals surface area contributed by atoms with E-state index in [-0.39, 0.29) is 0 Å². The van der Waals surface area contributed by atoms with Crippen LogP contribution in [0.5, 0.6) is 0 Å². The first-order chi connectivity index (χ1) is 29.3. The molecule has 0 aliphatic heterocycles. The van der Waals surface area contributed by atoms with E-state index in [1.165, 1.54) is 86.6 Å². The van der Waals surface area contributed by atoms with Gasteiger partial charge in [0.05, 0.1) is 11.1 Å². The molecule has 1 aromatic heterocycles. The average Bonchev–Trinajstić information content (AvgIpc) is 3.84. The molecule has 0 bridgehead atoms. The number of hydrogen-bond acceptors (Lipinski definition) is 2. The Labute approximate surface area is 348 Å². The van der Waals surface area contributed by atoms with E-state index < -0.39 is 5.41 Å². The Morgan fingerprint density at radius 3 is 1.80 bits per heavy atom. The molecule has 1 nitrogen and oxygen atoms in total. The third-order valence-electron chi connectivity index (χ3n) is 12.8. The van der Waals surface area contributed by atoms with Crippen LogP contribution in [0.3, 0.4) is 0 Å². The molecule has 0 atom stereocenters. The van der Waals surface area contributed by atoms with Crippen LogP contribution in [-0.4, -0.2) is 0 Å². The predicted molar refractivity (Wildman–Crippen MR) is 252 cm³/mol. The van der Waals surface area contributed by atoms with Gasteiger partial charge in [0.2, 0.25) is 0 Å². The van der Waals surface area contributed by atoms with Crippen molar-refractivity contribution in [3.05, 3.63) is 239 Å². The molecule has 9 aromatic carbocycles. The maximum atomic E-state index is 2.46. The lowest BCUT2D eigenvalue weighted by Crippen LogP contribution is -2.28. The number of nitrogens with zero attached hydrogens (tertiary/aromatic N) is 1. The van der Waals surface area contributed by atoms with Crippen molar-refractivity contribution in [3.63, 3.8) is 0 Å². The normalized spacial score (nSPS) is 13.7. The third kappa shape index (κ3) is 5.23. The smallest absolute Gasteiger partial charge is 0.0713 e. The van der Waals surface area contributed by atoms with Crippen LogP contribution in [0.2, 0.25) is 0 Å². The van der Waals surface area contributed by atoms with Crippen molar-refractivity contribution in [1.82, 2.24) is 0 Å². The number of rotatable bonds is 6. The Hall–Kier alpha value is -7.00. The maximum Gasteiger partial charge on any atom is 0.0713 e. The van der Waals surface area contributed by atoms with E-state index in [1.807, 2.05) is 11.3 Å². The molecule has 12 rings (SSSR count).